The highest BCUT2D eigenvalue weighted by atomic mass is 35.5. The average molecular weight is 420 g/mol. The molecule has 1 atom stereocenters. The van der Waals surface area contributed by atoms with Gasteiger partial charge in [-0.2, -0.15) is 0 Å². The first-order valence-corrected chi connectivity index (χ1v) is 10.3. The van der Waals surface area contributed by atoms with Crippen LogP contribution in [0.4, 0.5) is 10.1 Å². The first-order chi connectivity index (χ1) is 13.3. The monoisotopic (exact) mass is 419 g/mol. The molecule has 0 aliphatic heterocycles. The lowest BCUT2D eigenvalue weighted by molar-refractivity contribution is 0.415. The lowest BCUT2D eigenvalue weighted by atomic mass is 10.1. The van der Waals surface area contributed by atoms with Crippen molar-refractivity contribution < 1.29 is 17.5 Å². The summed E-state index contributed by atoms with van der Waals surface area (Å²) < 4.78 is 46.8. The van der Waals surface area contributed by atoms with Crippen molar-refractivity contribution in [2.24, 2.45) is 0 Å². The molecule has 28 heavy (non-hydrogen) atoms. The van der Waals surface area contributed by atoms with Crippen LogP contribution in [0.15, 0.2) is 77.7 Å². The summed E-state index contributed by atoms with van der Waals surface area (Å²) in [6.07, 6.45) is 0. The third-order valence-electron chi connectivity index (χ3n) is 4.40. The Bertz CT molecular complexity index is 1050. The predicted molar refractivity (Wildman–Crippen MR) is 109 cm³/mol. The Morgan fingerprint density at radius 2 is 1.57 bits per heavy atom. The normalized spacial score (nSPS) is 12.4. The maximum absolute atomic E-state index is 13.5. The van der Waals surface area contributed by atoms with E-state index in [9.17, 15) is 12.8 Å². The van der Waals surface area contributed by atoms with Crippen LogP contribution in [0.25, 0.3) is 0 Å². The molecule has 0 N–H and O–H groups in total. The molecule has 0 saturated heterocycles. The van der Waals surface area contributed by atoms with Crippen molar-refractivity contribution in [3.63, 3.8) is 0 Å². The molecule has 3 aromatic carbocycles. The minimum absolute atomic E-state index is 0.00134. The number of rotatable bonds is 6. The van der Waals surface area contributed by atoms with Gasteiger partial charge in [0.05, 0.1) is 23.9 Å². The van der Waals surface area contributed by atoms with Crippen molar-refractivity contribution in [3.8, 4) is 5.75 Å². The fourth-order valence-corrected chi connectivity index (χ4v) is 5.08. The second-order valence-electron chi connectivity index (χ2n) is 6.16. The zero-order valence-electron chi connectivity index (χ0n) is 15.3. The molecule has 0 aliphatic rings. The third-order valence-corrected chi connectivity index (χ3v) is 6.80. The number of methoxy groups -OCH3 is 1. The molecule has 0 saturated carbocycles. The van der Waals surface area contributed by atoms with Crippen molar-refractivity contribution in [3.05, 3.63) is 89.2 Å². The maximum Gasteiger partial charge on any atom is 0.266 e. The van der Waals surface area contributed by atoms with Crippen LogP contribution in [0.2, 0.25) is 5.02 Å². The lowest BCUT2D eigenvalue weighted by Gasteiger charge is -2.31. The van der Waals surface area contributed by atoms with Gasteiger partial charge in [0.2, 0.25) is 0 Å². The smallest absolute Gasteiger partial charge is 0.266 e. The van der Waals surface area contributed by atoms with Gasteiger partial charge in [0.15, 0.2) is 0 Å². The predicted octanol–water partition coefficient (Wildman–Crippen LogP) is 5.44. The second-order valence-corrected chi connectivity index (χ2v) is 8.35. The first kappa shape index (κ1) is 20.2. The largest absolute Gasteiger partial charge is 0.497 e. The van der Waals surface area contributed by atoms with Crippen LogP contribution in [0.1, 0.15) is 18.5 Å². The zero-order chi connectivity index (χ0) is 20.3. The van der Waals surface area contributed by atoms with Gasteiger partial charge in [-0.1, -0.05) is 35.9 Å². The highest BCUT2D eigenvalue weighted by Gasteiger charge is 2.32. The molecule has 0 heterocycles. The Labute approximate surface area is 169 Å². The molecular formula is C21H19ClFNO3S. The summed E-state index contributed by atoms with van der Waals surface area (Å²) in [5.41, 5.74) is 1.09. The molecule has 7 heteroatoms. The quantitative estimate of drug-likeness (QED) is 0.534. The van der Waals surface area contributed by atoms with Gasteiger partial charge in [-0.15, -0.1) is 0 Å². The summed E-state index contributed by atoms with van der Waals surface area (Å²) in [4.78, 5) is 0.00134. The Kier molecular flexibility index (Phi) is 5.91. The Morgan fingerprint density at radius 1 is 0.964 bits per heavy atom. The van der Waals surface area contributed by atoms with Gasteiger partial charge in [-0.25, -0.2) is 12.8 Å². The van der Waals surface area contributed by atoms with Gasteiger partial charge in [-0.3, -0.25) is 4.31 Å². The minimum atomic E-state index is -4.00. The molecular weight excluding hydrogens is 401 g/mol. The van der Waals surface area contributed by atoms with E-state index in [0.29, 0.717) is 17.0 Å². The molecule has 3 rings (SSSR count). The van der Waals surface area contributed by atoms with Crippen molar-refractivity contribution in [2.45, 2.75) is 17.9 Å². The number of nitrogens with zero attached hydrogens (tertiary/aromatic N) is 1. The van der Waals surface area contributed by atoms with Crippen LogP contribution in [-0.4, -0.2) is 15.5 Å². The summed E-state index contributed by atoms with van der Waals surface area (Å²) in [6.45, 7) is 1.74. The Hall–Kier alpha value is -2.57. The maximum atomic E-state index is 13.5. The molecule has 1 unspecified atom stereocenters. The Balaban J connectivity index is 2.15. The van der Waals surface area contributed by atoms with E-state index in [2.05, 4.69) is 0 Å². The van der Waals surface area contributed by atoms with E-state index in [0.717, 1.165) is 0 Å². The highest BCUT2D eigenvalue weighted by Crippen LogP contribution is 2.36. The summed E-state index contributed by atoms with van der Waals surface area (Å²) in [5.74, 6) is 0.217. The molecule has 0 aromatic heterocycles. The minimum Gasteiger partial charge on any atom is -0.497 e. The van der Waals surface area contributed by atoms with E-state index in [-0.39, 0.29) is 15.7 Å². The summed E-state index contributed by atoms with van der Waals surface area (Å²) in [5, 5.41) is 0.132. The molecule has 146 valence electrons. The van der Waals surface area contributed by atoms with Gasteiger partial charge in [0.1, 0.15) is 16.5 Å². The lowest BCUT2D eigenvalue weighted by Crippen LogP contribution is -2.34. The van der Waals surface area contributed by atoms with E-state index in [1.54, 1.807) is 55.5 Å². The molecule has 0 amide bonds. The third kappa shape index (κ3) is 3.98. The van der Waals surface area contributed by atoms with E-state index in [1.807, 2.05) is 0 Å². The van der Waals surface area contributed by atoms with E-state index in [4.69, 9.17) is 16.3 Å². The summed E-state index contributed by atoms with van der Waals surface area (Å²) >= 11 is 6.18. The Morgan fingerprint density at radius 3 is 2.14 bits per heavy atom. The van der Waals surface area contributed by atoms with E-state index in [1.165, 1.54) is 35.7 Å². The number of halogens is 2. The molecule has 0 fully saturated rings. The number of anilines is 1. The summed E-state index contributed by atoms with van der Waals surface area (Å²) in [6, 6.07) is 18.1. The van der Waals surface area contributed by atoms with Crippen LogP contribution >= 0.6 is 11.6 Å². The molecule has 0 bridgehead atoms. The highest BCUT2D eigenvalue weighted by molar-refractivity contribution is 7.93. The molecule has 3 aromatic rings. The standard InChI is InChI=1S/C21H19ClFNO3S/c1-15(16-7-9-17(23)10-8-16)24(18-11-13-19(27-2)14-12-18)28(25,26)21-6-4-3-5-20(21)22/h3-15H,1-2H3. The molecule has 0 radical (unpaired) electrons. The van der Waals surface area contributed by atoms with Gasteiger partial charge in [0.25, 0.3) is 10.0 Å². The number of benzene rings is 3. The molecule has 0 aliphatic carbocycles. The first-order valence-electron chi connectivity index (χ1n) is 8.53. The second kappa shape index (κ2) is 8.20. The topological polar surface area (TPSA) is 46.6 Å². The van der Waals surface area contributed by atoms with Crippen molar-refractivity contribution >= 4 is 27.3 Å². The number of sulfonamides is 1. The fourth-order valence-electron chi connectivity index (χ4n) is 2.94. The SMILES string of the molecule is COc1ccc(N(C(C)c2ccc(F)cc2)S(=O)(=O)c2ccccc2Cl)cc1. The average Bonchev–Trinajstić information content (AvgIpc) is 2.69. The van der Waals surface area contributed by atoms with Gasteiger partial charge in [0, 0.05) is 0 Å². The van der Waals surface area contributed by atoms with Crippen molar-refractivity contribution in [1.29, 1.82) is 0 Å². The van der Waals surface area contributed by atoms with E-state index >= 15 is 0 Å². The van der Waals surface area contributed by atoms with Crippen LogP contribution in [-0.2, 0) is 10.0 Å². The number of hydrogen-bond acceptors (Lipinski definition) is 3. The molecule has 0 spiro atoms. The molecule has 4 nitrogen and oxygen atoms in total. The van der Waals surface area contributed by atoms with E-state index < -0.39 is 16.1 Å². The number of ether oxygens (including phenoxy) is 1. The van der Waals surface area contributed by atoms with Gasteiger partial charge >= 0.3 is 0 Å². The van der Waals surface area contributed by atoms with Crippen LogP contribution in [0, 0.1) is 5.82 Å². The van der Waals surface area contributed by atoms with Crippen molar-refractivity contribution in [1.82, 2.24) is 0 Å². The van der Waals surface area contributed by atoms with Crippen LogP contribution in [0.5, 0.6) is 5.75 Å². The summed E-state index contributed by atoms with van der Waals surface area (Å²) in [7, 11) is -2.46. The zero-order valence-corrected chi connectivity index (χ0v) is 16.9. The van der Waals surface area contributed by atoms with Gasteiger partial charge in [-0.05, 0) is 61.0 Å². The fraction of sp³-hybridized carbons (Fsp3) is 0.143. The van der Waals surface area contributed by atoms with Crippen LogP contribution < -0.4 is 9.04 Å². The number of hydrogen-bond donors (Lipinski definition) is 0. The van der Waals surface area contributed by atoms with Crippen LogP contribution in [0.3, 0.4) is 0 Å². The van der Waals surface area contributed by atoms with Gasteiger partial charge < -0.3 is 4.74 Å². The van der Waals surface area contributed by atoms with Crippen molar-refractivity contribution in [2.75, 3.05) is 11.4 Å².